The zero-order chi connectivity index (χ0) is 20.4. The van der Waals surface area contributed by atoms with E-state index in [0.29, 0.717) is 12.5 Å². The zero-order valence-corrected chi connectivity index (χ0v) is 17.1. The van der Waals surface area contributed by atoms with Crippen molar-refractivity contribution in [1.82, 2.24) is 19.9 Å². The maximum Gasteiger partial charge on any atom is 0.124 e. The Morgan fingerprint density at radius 1 is 1.21 bits per heavy atom. The number of benzene rings is 1. The summed E-state index contributed by atoms with van der Waals surface area (Å²) in [5, 5.41) is 0. The summed E-state index contributed by atoms with van der Waals surface area (Å²) in [5.74, 6) is 3.17. The number of ether oxygens (including phenoxy) is 1. The van der Waals surface area contributed by atoms with Crippen LogP contribution in [0, 0.1) is 6.92 Å². The van der Waals surface area contributed by atoms with Gasteiger partial charge in [0.1, 0.15) is 24.0 Å². The van der Waals surface area contributed by atoms with Gasteiger partial charge in [0.2, 0.25) is 0 Å². The van der Waals surface area contributed by atoms with Crippen molar-refractivity contribution in [3.63, 3.8) is 0 Å². The van der Waals surface area contributed by atoms with Crippen LogP contribution < -0.4 is 0 Å². The van der Waals surface area contributed by atoms with Gasteiger partial charge in [-0.15, -0.1) is 0 Å². The molecule has 0 saturated heterocycles. The predicted octanol–water partition coefficient (Wildman–Crippen LogP) is 5.46. The Hall–Kier alpha value is -3.34. The lowest BCUT2D eigenvalue weighted by Crippen LogP contribution is -2.08. The van der Waals surface area contributed by atoms with E-state index in [9.17, 15) is 0 Å². The first-order chi connectivity index (χ1) is 14.0. The first-order valence-corrected chi connectivity index (χ1v) is 9.90. The average molecular weight is 386 g/mol. The molecule has 0 bridgehead atoms. The van der Waals surface area contributed by atoms with Crippen LogP contribution in [0.1, 0.15) is 48.2 Å². The fourth-order valence-corrected chi connectivity index (χ4v) is 3.52. The van der Waals surface area contributed by atoms with Crippen LogP contribution in [0.5, 0.6) is 0 Å². The maximum atomic E-state index is 6.12. The molecule has 0 saturated carbocycles. The molecule has 29 heavy (non-hydrogen) atoms. The summed E-state index contributed by atoms with van der Waals surface area (Å²) in [6.07, 6.45) is 10.4. The molecular weight excluding hydrogens is 360 g/mol. The minimum absolute atomic E-state index is 0.373. The minimum atomic E-state index is 0.373. The van der Waals surface area contributed by atoms with Gasteiger partial charge in [-0.1, -0.05) is 44.7 Å². The number of aromatic amines is 2. The number of hydrogen-bond acceptors (Lipinski definition) is 3. The van der Waals surface area contributed by atoms with Crippen LogP contribution in [0.25, 0.3) is 16.8 Å². The van der Waals surface area contributed by atoms with Gasteiger partial charge < -0.3 is 14.7 Å². The van der Waals surface area contributed by atoms with E-state index in [1.807, 2.05) is 25.4 Å². The molecule has 3 heterocycles. The molecule has 4 rings (SSSR count). The van der Waals surface area contributed by atoms with Crippen molar-refractivity contribution in [1.29, 1.82) is 0 Å². The van der Waals surface area contributed by atoms with Gasteiger partial charge in [0.15, 0.2) is 0 Å². The number of nitrogens with zero attached hydrogens (tertiary/aromatic N) is 2. The van der Waals surface area contributed by atoms with Crippen molar-refractivity contribution >= 4 is 5.57 Å². The average Bonchev–Trinajstić information content (AvgIpc) is 3.36. The number of H-pyrrole nitrogens is 2. The highest BCUT2D eigenvalue weighted by Gasteiger charge is 2.20. The number of aromatic nitrogens is 4. The van der Waals surface area contributed by atoms with Crippen molar-refractivity contribution in [2.24, 2.45) is 0 Å². The Morgan fingerprint density at radius 2 is 2.07 bits per heavy atom. The van der Waals surface area contributed by atoms with Gasteiger partial charge in [-0.05, 0) is 35.8 Å². The van der Waals surface area contributed by atoms with Crippen LogP contribution in [0.3, 0.4) is 0 Å². The molecule has 2 aromatic heterocycles. The molecule has 0 unspecified atom stereocenters. The van der Waals surface area contributed by atoms with E-state index < -0.39 is 0 Å². The third-order valence-electron chi connectivity index (χ3n) is 5.04. The third kappa shape index (κ3) is 3.94. The number of fused-ring (bicyclic) bond motifs is 1. The number of aryl methyl sites for hydroxylation is 1. The van der Waals surface area contributed by atoms with E-state index in [1.165, 1.54) is 5.56 Å². The van der Waals surface area contributed by atoms with Crippen LogP contribution in [0.4, 0.5) is 0 Å². The maximum absolute atomic E-state index is 6.12. The van der Waals surface area contributed by atoms with Crippen molar-refractivity contribution in [3.8, 4) is 11.3 Å². The Bertz CT molecular complexity index is 1100. The second-order valence-corrected chi connectivity index (χ2v) is 7.58. The smallest absolute Gasteiger partial charge is 0.124 e. The Labute approximate surface area is 171 Å². The number of nitrogens with one attached hydrogen (secondary N) is 2. The van der Waals surface area contributed by atoms with Crippen molar-refractivity contribution in [2.45, 2.75) is 39.7 Å². The van der Waals surface area contributed by atoms with Gasteiger partial charge in [-0.25, -0.2) is 9.97 Å². The fraction of sp³-hybridized carbons (Fsp3) is 0.250. The SMILES string of the molecule is C=C/C=C1\C(=C/Cc2cnc(C)[nH]2)OCc2cc(-c3cnc(C(C)C)[nH]3)ccc21. The lowest BCUT2D eigenvalue weighted by molar-refractivity contribution is 0.207. The summed E-state index contributed by atoms with van der Waals surface area (Å²) in [5.41, 5.74) is 6.60. The second-order valence-electron chi connectivity index (χ2n) is 7.58. The molecule has 0 spiro atoms. The van der Waals surface area contributed by atoms with Crippen LogP contribution in [0.15, 0.2) is 61.2 Å². The van der Waals surface area contributed by atoms with E-state index in [0.717, 1.165) is 51.9 Å². The standard InChI is InChI=1S/C24H26N4O/c1-5-6-21-20-9-7-17(22-13-26-24(28-22)15(2)3)11-18(20)14-29-23(21)10-8-19-12-25-16(4)27-19/h5-7,9-13,15H,1,8,14H2,2-4H3,(H,25,27)(H,26,28)/b21-6-,23-10+. The number of rotatable bonds is 5. The Morgan fingerprint density at radius 3 is 2.76 bits per heavy atom. The van der Waals surface area contributed by atoms with Gasteiger partial charge in [-0.2, -0.15) is 0 Å². The van der Waals surface area contributed by atoms with Crippen LogP contribution in [0.2, 0.25) is 0 Å². The van der Waals surface area contributed by atoms with Crippen LogP contribution in [-0.2, 0) is 17.8 Å². The van der Waals surface area contributed by atoms with E-state index in [-0.39, 0.29) is 0 Å². The molecule has 0 atom stereocenters. The quantitative estimate of drug-likeness (QED) is 0.612. The molecule has 1 aliphatic heterocycles. The van der Waals surface area contributed by atoms with E-state index in [1.54, 1.807) is 6.08 Å². The molecule has 148 valence electrons. The summed E-state index contributed by atoms with van der Waals surface area (Å²) in [7, 11) is 0. The largest absolute Gasteiger partial charge is 0.489 e. The summed E-state index contributed by atoms with van der Waals surface area (Å²) in [6.45, 7) is 10.6. The summed E-state index contributed by atoms with van der Waals surface area (Å²) in [6, 6.07) is 6.47. The van der Waals surface area contributed by atoms with Crippen molar-refractivity contribution < 1.29 is 4.74 Å². The number of hydrogen-bond donors (Lipinski definition) is 2. The molecule has 0 radical (unpaired) electrons. The first kappa shape index (κ1) is 19.0. The van der Waals surface area contributed by atoms with E-state index >= 15 is 0 Å². The van der Waals surface area contributed by atoms with Crippen LogP contribution in [-0.4, -0.2) is 19.9 Å². The Kier molecular flexibility index (Phi) is 5.21. The molecular formula is C24H26N4O. The lowest BCUT2D eigenvalue weighted by atomic mass is 9.93. The molecule has 2 N–H and O–H groups in total. The lowest BCUT2D eigenvalue weighted by Gasteiger charge is -2.24. The third-order valence-corrected chi connectivity index (χ3v) is 5.04. The molecule has 0 aliphatic carbocycles. The predicted molar refractivity (Wildman–Crippen MR) is 116 cm³/mol. The number of allylic oxidation sites excluding steroid dienone is 4. The summed E-state index contributed by atoms with van der Waals surface area (Å²) < 4.78 is 6.12. The van der Waals surface area contributed by atoms with E-state index in [4.69, 9.17) is 4.74 Å². The molecule has 5 heteroatoms. The molecule has 3 aromatic rings. The highest BCUT2D eigenvalue weighted by atomic mass is 16.5. The van der Waals surface area contributed by atoms with Gasteiger partial charge in [0, 0.05) is 29.8 Å². The van der Waals surface area contributed by atoms with Crippen molar-refractivity contribution in [3.05, 3.63) is 89.6 Å². The zero-order valence-electron chi connectivity index (χ0n) is 17.1. The van der Waals surface area contributed by atoms with Crippen LogP contribution >= 0.6 is 0 Å². The molecule has 5 nitrogen and oxygen atoms in total. The molecule has 1 aromatic carbocycles. The first-order valence-electron chi connectivity index (χ1n) is 9.90. The molecule has 0 amide bonds. The topological polar surface area (TPSA) is 66.6 Å². The number of imidazole rings is 2. The van der Waals surface area contributed by atoms with Gasteiger partial charge in [-0.3, -0.25) is 0 Å². The monoisotopic (exact) mass is 386 g/mol. The molecule has 1 aliphatic rings. The molecule has 0 fully saturated rings. The fourth-order valence-electron chi connectivity index (χ4n) is 3.52. The van der Waals surface area contributed by atoms with Gasteiger partial charge in [0.25, 0.3) is 0 Å². The van der Waals surface area contributed by atoms with Crippen molar-refractivity contribution in [2.75, 3.05) is 0 Å². The Balaban J connectivity index is 1.64. The normalized spacial score (nSPS) is 16.3. The van der Waals surface area contributed by atoms with Gasteiger partial charge in [0.05, 0.1) is 11.9 Å². The summed E-state index contributed by atoms with van der Waals surface area (Å²) in [4.78, 5) is 15.4. The minimum Gasteiger partial charge on any atom is -0.489 e. The highest BCUT2D eigenvalue weighted by molar-refractivity contribution is 5.82. The highest BCUT2D eigenvalue weighted by Crippen LogP contribution is 2.36. The van der Waals surface area contributed by atoms with E-state index in [2.05, 4.69) is 64.6 Å². The summed E-state index contributed by atoms with van der Waals surface area (Å²) >= 11 is 0. The van der Waals surface area contributed by atoms with Gasteiger partial charge >= 0.3 is 0 Å². The second kappa shape index (κ2) is 7.95.